The molecule has 0 aliphatic carbocycles. The summed E-state index contributed by atoms with van der Waals surface area (Å²) in [6.45, 7) is 3.03. The van der Waals surface area contributed by atoms with Gasteiger partial charge in [0.15, 0.2) is 0 Å². The highest BCUT2D eigenvalue weighted by molar-refractivity contribution is 5.59. The largest absolute Gasteiger partial charge is 0.378 e. The number of nitrogens with one attached hydrogen (secondary N) is 1. The Labute approximate surface area is 149 Å². The minimum absolute atomic E-state index is 0.431. The lowest BCUT2D eigenvalue weighted by Crippen LogP contribution is -2.42. The Hall–Kier alpha value is -2.14. The van der Waals surface area contributed by atoms with Gasteiger partial charge in [-0.15, -0.1) is 0 Å². The lowest BCUT2D eigenvalue weighted by atomic mass is 9.88. The smallest absolute Gasteiger partial charge is 0.135 e. The number of ether oxygens (including phenoxy) is 1. The summed E-state index contributed by atoms with van der Waals surface area (Å²) in [4.78, 5) is 11.3. The molecular formula is C20H26N4O. The van der Waals surface area contributed by atoms with Gasteiger partial charge >= 0.3 is 0 Å². The number of benzene rings is 1. The third-order valence-electron chi connectivity index (χ3n) is 5.22. The number of hydrogen-bond acceptors (Lipinski definition) is 5. The zero-order valence-corrected chi connectivity index (χ0v) is 14.6. The number of aromatic nitrogens is 2. The van der Waals surface area contributed by atoms with Gasteiger partial charge in [-0.3, -0.25) is 0 Å². The fourth-order valence-electron chi connectivity index (χ4n) is 3.92. The molecular weight excluding hydrogens is 312 g/mol. The molecule has 5 nitrogen and oxygen atoms in total. The normalized spacial score (nSPS) is 24.1. The van der Waals surface area contributed by atoms with Crippen molar-refractivity contribution in [3.8, 4) is 0 Å². The Morgan fingerprint density at radius 1 is 1.04 bits per heavy atom. The van der Waals surface area contributed by atoms with E-state index in [-0.39, 0.29) is 0 Å². The van der Waals surface area contributed by atoms with E-state index in [1.54, 1.807) is 6.33 Å². The maximum atomic E-state index is 6.03. The SMILES string of the molecule is c1ccc(Nc2cc(N3CCCC(C4CCCCO4)C3)ncn2)cc1. The molecule has 25 heavy (non-hydrogen) atoms. The maximum absolute atomic E-state index is 6.03. The average molecular weight is 338 g/mol. The van der Waals surface area contributed by atoms with Crippen LogP contribution in [0, 0.1) is 5.92 Å². The second-order valence-electron chi connectivity index (χ2n) is 7.01. The molecule has 0 spiro atoms. The average Bonchev–Trinajstić information content (AvgIpc) is 2.70. The highest BCUT2D eigenvalue weighted by Crippen LogP contribution is 2.30. The molecule has 2 saturated heterocycles. The second-order valence-corrected chi connectivity index (χ2v) is 7.01. The van der Waals surface area contributed by atoms with Gasteiger partial charge in [-0.2, -0.15) is 0 Å². The maximum Gasteiger partial charge on any atom is 0.135 e. The van der Waals surface area contributed by atoms with Gasteiger partial charge in [0.2, 0.25) is 0 Å². The predicted octanol–water partition coefficient (Wildman–Crippen LogP) is 4.01. The lowest BCUT2D eigenvalue weighted by Gasteiger charge is -2.38. The molecule has 1 aromatic heterocycles. The Morgan fingerprint density at radius 3 is 2.80 bits per heavy atom. The van der Waals surface area contributed by atoms with Crippen molar-refractivity contribution in [2.24, 2.45) is 5.92 Å². The lowest BCUT2D eigenvalue weighted by molar-refractivity contribution is -0.0242. The number of nitrogens with zero attached hydrogens (tertiary/aromatic N) is 3. The van der Waals surface area contributed by atoms with Crippen molar-refractivity contribution >= 4 is 17.3 Å². The predicted molar refractivity (Wildman–Crippen MR) is 100 cm³/mol. The van der Waals surface area contributed by atoms with E-state index in [4.69, 9.17) is 4.74 Å². The molecule has 1 aromatic carbocycles. The van der Waals surface area contributed by atoms with Crippen molar-refractivity contribution in [1.82, 2.24) is 9.97 Å². The van der Waals surface area contributed by atoms with E-state index in [0.29, 0.717) is 12.0 Å². The van der Waals surface area contributed by atoms with Crippen molar-refractivity contribution in [3.05, 3.63) is 42.7 Å². The molecule has 0 radical (unpaired) electrons. The van der Waals surface area contributed by atoms with Gasteiger partial charge in [0.05, 0.1) is 6.10 Å². The Morgan fingerprint density at radius 2 is 1.96 bits per heavy atom. The first-order valence-corrected chi connectivity index (χ1v) is 9.39. The van der Waals surface area contributed by atoms with E-state index in [9.17, 15) is 0 Å². The van der Waals surface area contributed by atoms with Crippen LogP contribution in [0.3, 0.4) is 0 Å². The molecule has 2 fully saturated rings. The standard InChI is InChI=1S/C20H26N4O/c1-2-8-17(9-3-1)23-19-13-20(22-15-21-19)24-11-6-7-16(14-24)18-10-4-5-12-25-18/h1-3,8-9,13,15-16,18H,4-7,10-12,14H2,(H,21,22,23). The molecule has 3 heterocycles. The summed E-state index contributed by atoms with van der Waals surface area (Å²) >= 11 is 0. The Balaban J connectivity index is 1.44. The van der Waals surface area contributed by atoms with Gasteiger partial charge < -0.3 is 15.0 Å². The number of hydrogen-bond donors (Lipinski definition) is 1. The fourth-order valence-corrected chi connectivity index (χ4v) is 3.92. The van der Waals surface area contributed by atoms with Crippen molar-refractivity contribution < 1.29 is 4.74 Å². The van der Waals surface area contributed by atoms with Crippen molar-refractivity contribution in [1.29, 1.82) is 0 Å². The first kappa shape index (κ1) is 16.3. The number of piperidine rings is 1. The molecule has 0 saturated carbocycles. The van der Waals surface area contributed by atoms with Gasteiger partial charge in [0, 0.05) is 37.4 Å². The highest BCUT2D eigenvalue weighted by Gasteiger charge is 2.29. The molecule has 1 N–H and O–H groups in total. The van der Waals surface area contributed by atoms with E-state index < -0.39 is 0 Å². The van der Waals surface area contributed by atoms with Gasteiger partial charge in [-0.05, 0) is 44.2 Å². The summed E-state index contributed by atoms with van der Waals surface area (Å²) in [5, 5.41) is 3.36. The Kier molecular flexibility index (Phi) is 5.11. The summed E-state index contributed by atoms with van der Waals surface area (Å²) in [6, 6.07) is 12.2. The third-order valence-corrected chi connectivity index (χ3v) is 5.22. The number of rotatable bonds is 4. The quantitative estimate of drug-likeness (QED) is 0.913. The van der Waals surface area contributed by atoms with E-state index in [1.807, 2.05) is 30.3 Å². The molecule has 2 unspecified atom stereocenters. The first-order chi connectivity index (χ1) is 12.4. The van der Waals surface area contributed by atoms with Crippen LogP contribution in [0.1, 0.15) is 32.1 Å². The van der Waals surface area contributed by atoms with Crippen LogP contribution in [0.25, 0.3) is 0 Å². The fraction of sp³-hybridized carbons (Fsp3) is 0.500. The molecule has 5 heteroatoms. The summed E-state index contributed by atoms with van der Waals surface area (Å²) in [7, 11) is 0. The van der Waals surface area contributed by atoms with Crippen LogP contribution in [0.2, 0.25) is 0 Å². The van der Waals surface area contributed by atoms with Crippen LogP contribution in [0.5, 0.6) is 0 Å². The zero-order valence-electron chi connectivity index (χ0n) is 14.6. The third kappa shape index (κ3) is 4.10. The Bertz CT molecular complexity index is 672. The van der Waals surface area contributed by atoms with E-state index >= 15 is 0 Å². The van der Waals surface area contributed by atoms with Gasteiger partial charge in [-0.1, -0.05) is 18.2 Å². The number of para-hydroxylation sites is 1. The number of anilines is 3. The molecule has 4 rings (SSSR count). The van der Waals surface area contributed by atoms with E-state index in [0.717, 1.165) is 37.0 Å². The molecule has 132 valence electrons. The zero-order chi connectivity index (χ0) is 16.9. The van der Waals surface area contributed by atoms with Crippen molar-refractivity contribution in [2.75, 3.05) is 29.9 Å². The summed E-state index contributed by atoms with van der Waals surface area (Å²) in [5.41, 5.74) is 1.04. The van der Waals surface area contributed by atoms with E-state index in [2.05, 4.69) is 26.3 Å². The molecule has 2 aliphatic heterocycles. The summed E-state index contributed by atoms with van der Waals surface area (Å²) in [6.07, 6.45) is 8.29. The first-order valence-electron chi connectivity index (χ1n) is 9.39. The molecule has 2 aromatic rings. The van der Waals surface area contributed by atoms with Crippen LogP contribution in [-0.2, 0) is 4.74 Å². The summed E-state index contributed by atoms with van der Waals surface area (Å²) < 4.78 is 6.03. The van der Waals surface area contributed by atoms with Crippen LogP contribution in [0.4, 0.5) is 17.3 Å². The van der Waals surface area contributed by atoms with Gasteiger partial charge in [0.1, 0.15) is 18.0 Å². The van der Waals surface area contributed by atoms with Crippen LogP contribution >= 0.6 is 0 Å². The van der Waals surface area contributed by atoms with Crippen LogP contribution in [0.15, 0.2) is 42.7 Å². The minimum Gasteiger partial charge on any atom is -0.378 e. The van der Waals surface area contributed by atoms with E-state index in [1.165, 1.54) is 32.1 Å². The van der Waals surface area contributed by atoms with Crippen LogP contribution < -0.4 is 10.2 Å². The van der Waals surface area contributed by atoms with Crippen molar-refractivity contribution in [2.45, 2.75) is 38.2 Å². The molecule has 0 bridgehead atoms. The second kappa shape index (κ2) is 7.83. The van der Waals surface area contributed by atoms with Crippen LogP contribution in [-0.4, -0.2) is 35.8 Å². The van der Waals surface area contributed by atoms with Crippen molar-refractivity contribution in [3.63, 3.8) is 0 Å². The van der Waals surface area contributed by atoms with Gasteiger partial charge in [-0.25, -0.2) is 9.97 Å². The molecule has 0 amide bonds. The molecule has 2 atom stereocenters. The topological polar surface area (TPSA) is 50.3 Å². The minimum atomic E-state index is 0.431. The monoisotopic (exact) mass is 338 g/mol. The van der Waals surface area contributed by atoms with Gasteiger partial charge in [0.25, 0.3) is 0 Å². The summed E-state index contributed by atoms with van der Waals surface area (Å²) in [5.74, 6) is 2.47. The highest BCUT2D eigenvalue weighted by atomic mass is 16.5. The molecule has 2 aliphatic rings.